The van der Waals surface area contributed by atoms with Crippen LogP contribution in [0, 0.1) is 0 Å². The van der Waals surface area contributed by atoms with Crippen molar-refractivity contribution in [1.29, 1.82) is 0 Å². The highest BCUT2D eigenvalue weighted by Crippen LogP contribution is 2.33. The SMILES string of the molecule is CCCOC(=O)CCN1C(=O)N[C@](Cc2ccccc2)(c2ccccc2)C1=O. The Hall–Kier alpha value is -3.15. The van der Waals surface area contributed by atoms with E-state index in [-0.39, 0.29) is 18.9 Å². The summed E-state index contributed by atoms with van der Waals surface area (Å²) in [5, 5.41) is 2.88. The van der Waals surface area contributed by atoms with Crippen LogP contribution in [0.4, 0.5) is 4.79 Å². The maximum atomic E-state index is 13.4. The first-order valence-electron chi connectivity index (χ1n) is 9.46. The maximum Gasteiger partial charge on any atom is 0.325 e. The quantitative estimate of drug-likeness (QED) is 0.564. The number of hydrogen-bond donors (Lipinski definition) is 1. The van der Waals surface area contributed by atoms with Crippen molar-refractivity contribution in [2.24, 2.45) is 0 Å². The molecule has 1 aliphatic rings. The standard InChI is InChI=1S/C22H24N2O4/c1-2-15-28-19(25)13-14-24-20(26)22(23-21(24)27,18-11-7-4-8-12-18)16-17-9-5-3-6-10-17/h3-12H,2,13-16H2,1H3,(H,23,27)/t22-/m1/s1. The molecule has 1 aliphatic heterocycles. The maximum absolute atomic E-state index is 13.4. The van der Waals surface area contributed by atoms with Gasteiger partial charge in [0.2, 0.25) is 0 Å². The van der Waals surface area contributed by atoms with Gasteiger partial charge in [0.05, 0.1) is 13.0 Å². The summed E-state index contributed by atoms with van der Waals surface area (Å²) in [6, 6.07) is 18.3. The highest BCUT2D eigenvalue weighted by atomic mass is 16.5. The van der Waals surface area contributed by atoms with E-state index in [9.17, 15) is 14.4 Å². The third kappa shape index (κ3) is 4.06. The van der Waals surface area contributed by atoms with Gasteiger partial charge in [0.25, 0.3) is 5.91 Å². The molecule has 0 aromatic heterocycles. The number of hydrogen-bond acceptors (Lipinski definition) is 4. The number of carbonyl (C=O) groups is 3. The van der Waals surface area contributed by atoms with Gasteiger partial charge in [-0.3, -0.25) is 14.5 Å². The van der Waals surface area contributed by atoms with Crippen molar-refractivity contribution in [3.63, 3.8) is 0 Å². The average molecular weight is 380 g/mol. The third-order valence-corrected chi connectivity index (χ3v) is 4.76. The molecule has 3 rings (SSSR count). The molecule has 1 N–H and O–H groups in total. The summed E-state index contributed by atoms with van der Waals surface area (Å²) in [4.78, 5) is 38.9. The van der Waals surface area contributed by atoms with Gasteiger partial charge in [-0.2, -0.15) is 0 Å². The summed E-state index contributed by atoms with van der Waals surface area (Å²) in [6.07, 6.45) is 1.04. The largest absolute Gasteiger partial charge is 0.466 e. The van der Waals surface area contributed by atoms with Crippen molar-refractivity contribution < 1.29 is 19.1 Å². The van der Waals surface area contributed by atoms with Crippen molar-refractivity contribution in [2.75, 3.05) is 13.2 Å². The van der Waals surface area contributed by atoms with Crippen molar-refractivity contribution in [2.45, 2.75) is 31.7 Å². The van der Waals surface area contributed by atoms with Gasteiger partial charge in [0, 0.05) is 13.0 Å². The van der Waals surface area contributed by atoms with Crippen molar-refractivity contribution in [1.82, 2.24) is 10.2 Å². The minimum atomic E-state index is -1.19. The normalized spacial score (nSPS) is 18.8. The number of nitrogens with one attached hydrogen (secondary N) is 1. The number of amides is 3. The summed E-state index contributed by atoms with van der Waals surface area (Å²) >= 11 is 0. The lowest BCUT2D eigenvalue weighted by Gasteiger charge is -2.27. The number of imide groups is 1. The van der Waals surface area contributed by atoms with Gasteiger partial charge in [-0.25, -0.2) is 4.79 Å². The molecule has 0 saturated carbocycles. The van der Waals surface area contributed by atoms with E-state index in [1.165, 1.54) is 0 Å². The average Bonchev–Trinajstić information content (AvgIpc) is 2.96. The molecule has 146 valence electrons. The molecule has 0 unspecified atom stereocenters. The summed E-state index contributed by atoms with van der Waals surface area (Å²) in [7, 11) is 0. The van der Waals surface area contributed by atoms with Gasteiger partial charge in [0.15, 0.2) is 5.54 Å². The Kier molecular flexibility index (Phi) is 6.09. The summed E-state index contributed by atoms with van der Waals surface area (Å²) in [5.41, 5.74) is 0.463. The second kappa shape index (κ2) is 8.69. The molecule has 3 amide bonds. The fourth-order valence-electron chi connectivity index (χ4n) is 3.36. The lowest BCUT2D eigenvalue weighted by molar-refractivity contribution is -0.144. The minimum Gasteiger partial charge on any atom is -0.466 e. The second-order valence-electron chi connectivity index (χ2n) is 6.79. The lowest BCUT2D eigenvalue weighted by Crippen LogP contribution is -2.46. The van der Waals surface area contributed by atoms with Gasteiger partial charge >= 0.3 is 12.0 Å². The zero-order valence-electron chi connectivity index (χ0n) is 15.9. The monoisotopic (exact) mass is 380 g/mol. The number of urea groups is 1. The van der Waals surface area contributed by atoms with Crippen LogP contribution in [0.25, 0.3) is 0 Å². The number of nitrogens with zero attached hydrogens (tertiary/aromatic N) is 1. The number of ether oxygens (including phenoxy) is 1. The second-order valence-corrected chi connectivity index (χ2v) is 6.79. The predicted octanol–water partition coefficient (Wildman–Crippen LogP) is 3.02. The Morgan fingerprint density at radius 1 is 1.04 bits per heavy atom. The van der Waals surface area contributed by atoms with E-state index in [2.05, 4.69) is 5.32 Å². The molecule has 2 aromatic rings. The molecule has 1 heterocycles. The zero-order valence-corrected chi connectivity index (χ0v) is 15.9. The first-order valence-corrected chi connectivity index (χ1v) is 9.46. The van der Waals surface area contributed by atoms with E-state index >= 15 is 0 Å². The van der Waals surface area contributed by atoms with Crippen LogP contribution >= 0.6 is 0 Å². The zero-order chi connectivity index (χ0) is 20.0. The fourth-order valence-corrected chi connectivity index (χ4v) is 3.36. The summed E-state index contributed by atoms with van der Waals surface area (Å²) in [5.74, 6) is -0.765. The van der Waals surface area contributed by atoms with Crippen LogP contribution in [0.3, 0.4) is 0 Å². The highest BCUT2D eigenvalue weighted by Gasteiger charge is 2.52. The Morgan fingerprint density at radius 2 is 1.68 bits per heavy atom. The number of esters is 1. The molecule has 1 fully saturated rings. The minimum absolute atomic E-state index is 0.00339. The van der Waals surface area contributed by atoms with Gasteiger partial charge in [0.1, 0.15) is 0 Å². The molecule has 0 bridgehead atoms. The molecule has 6 heteroatoms. The van der Waals surface area contributed by atoms with E-state index in [0.29, 0.717) is 18.6 Å². The molecular weight excluding hydrogens is 356 g/mol. The van der Waals surface area contributed by atoms with Crippen molar-refractivity contribution in [3.05, 3.63) is 71.8 Å². The van der Waals surface area contributed by atoms with Crippen LogP contribution in [0.5, 0.6) is 0 Å². The van der Waals surface area contributed by atoms with Gasteiger partial charge < -0.3 is 10.1 Å². The third-order valence-electron chi connectivity index (χ3n) is 4.76. The molecule has 1 atom stereocenters. The Labute approximate surface area is 164 Å². The summed E-state index contributed by atoms with van der Waals surface area (Å²) < 4.78 is 5.05. The highest BCUT2D eigenvalue weighted by molar-refractivity contribution is 6.07. The van der Waals surface area contributed by atoms with Crippen molar-refractivity contribution in [3.8, 4) is 0 Å². The van der Waals surface area contributed by atoms with E-state index in [1.807, 2.05) is 67.6 Å². The van der Waals surface area contributed by atoms with Crippen LogP contribution in [0.15, 0.2) is 60.7 Å². The smallest absolute Gasteiger partial charge is 0.325 e. The van der Waals surface area contributed by atoms with E-state index in [0.717, 1.165) is 16.9 Å². The van der Waals surface area contributed by atoms with E-state index in [4.69, 9.17) is 4.74 Å². The number of rotatable bonds is 8. The molecule has 2 aromatic carbocycles. The van der Waals surface area contributed by atoms with Crippen LogP contribution in [-0.2, 0) is 26.3 Å². The molecule has 0 aliphatic carbocycles. The lowest BCUT2D eigenvalue weighted by atomic mass is 9.83. The van der Waals surface area contributed by atoms with Crippen LogP contribution in [-0.4, -0.2) is 36.0 Å². The number of benzene rings is 2. The van der Waals surface area contributed by atoms with Gasteiger partial charge in [-0.1, -0.05) is 67.6 Å². The van der Waals surface area contributed by atoms with E-state index < -0.39 is 17.5 Å². The van der Waals surface area contributed by atoms with Crippen LogP contribution < -0.4 is 5.32 Å². The van der Waals surface area contributed by atoms with Crippen molar-refractivity contribution >= 4 is 17.9 Å². The van der Waals surface area contributed by atoms with Gasteiger partial charge in [-0.05, 0) is 17.5 Å². The molecule has 1 saturated heterocycles. The molecule has 0 radical (unpaired) electrons. The summed E-state index contributed by atoms with van der Waals surface area (Å²) in [6.45, 7) is 2.24. The van der Waals surface area contributed by atoms with Crippen LogP contribution in [0.1, 0.15) is 30.9 Å². The topological polar surface area (TPSA) is 75.7 Å². The molecule has 28 heavy (non-hydrogen) atoms. The Balaban J connectivity index is 1.85. The molecule has 6 nitrogen and oxygen atoms in total. The predicted molar refractivity (Wildman–Crippen MR) is 104 cm³/mol. The number of carbonyl (C=O) groups excluding carboxylic acids is 3. The Bertz CT molecular complexity index is 838. The van der Waals surface area contributed by atoms with Crippen LogP contribution in [0.2, 0.25) is 0 Å². The first kappa shape index (κ1) is 19.6. The molecule has 0 spiro atoms. The van der Waals surface area contributed by atoms with Gasteiger partial charge in [-0.15, -0.1) is 0 Å². The molecular formula is C22H24N2O4. The Morgan fingerprint density at radius 3 is 2.32 bits per heavy atom. The first-order chi connectivity index (χ1) is 13.6. The fraction of sp³-hybridized carbons (Fsp3) is 0.318. The van der Waals surface area contributed by atoms with E-state index in [1.54, 1.807) is 0 Å².